The average Bonchev–Trinajstić information content (AvgIpc) is 2.81. The number of amides is 1. The zero-order chi connectivity index (χ0) is 13.0. The van der Waals surface area contributed by atoms with Crippen molar-refractivity contribution < 1.29 is 4.79 Å². The molecule has 2 rings (SSSR count). The quantitative estimate of drug-likeness (QED) is 0.874. The highest BCUT2D eigenvalue weighted by Crippen LogP contribution is 2.08. The molecular weight excluding hydrogens is 228 g/mol. The molecular formula is C13H18N4O. The van der Waals surface area contributed by atoms with E-state index in [1.54, 1.807) is 0 Å². The Kier molecular flexibility index (Phi) is 3.92. The number of nitrogens with one attached hydrogen (secondary N) is 1. The molecule has 1 amide bonds. The maximum absolute atomic E-state index is 11.9. The molecule has 0 atom stereocenters. The van der Waals surface area contributed by atoms with Crippen LogP contribution in [0.15, 0.2) is 24.4 Å². The van der Waals surface area contributed by atoms with Gasteiger partial charge in [-0.15, -0.1) is 10.2 Å². The molecule has 0 aliphatic rings. The summed E-state index contributed by atoms with van der Waals surface area (Å²) >= 11 is 0. The number of hydrogen-bond donors (Lipinski definition) is 1. The summed E-state index contributed by atoms with van der Waals surface area (Å²) in [7, 11) is 0. The molecule has 0 saturated heterocycles. The van der Waals surface area contributed by atoms with Crippen molar-refractivity contribution in [1.29, 1.82) is 0 Å². The van der Waals surface area contributed by atoms with Crippen LogP contribution in [0.5, 0.6) is 0 Å². The molecule has 0 aromatic carbocycles. The Hall–Kier alpha value is -1.91. The van der Waals surface area contributed by atoms with Gasteiger partial charge in [0, 0.05) is 12.1 Å². The summed E-state index contributed by atoms with van der Waals surface area (Å²) in [5.74, 6) is 0.932. The van der Waals surface area contributed by atoms with Gasteiger partial charge in [-0.1, -0.05) is 19.9 Å². The Bertz CT molecular complexity index is 531. The number of carbonyl (C=O) groups excluding carboxylic acids is 1. The van der Waals surface area contributed by atoms with Gasteiger partial charge >= 0.3 is 0 Å². The lowest BCUT2D eigenvalue weighted by Gasteiger charge is -2.11. The van der Waals surface area contributed by atoms with E-state index in [2.05, 4.69) is 15.5 Å². The summed E-state index contributed by atoms with van der Waals surface area (Å²) in [6.07, 6.45) is 3.62. The molecule has 2 aromatic heterocycles. The first-order valence-electron chi connectivity index (χ1n) is 6.32. The normalized spacial score (nSPS) is 11.1. The van der Waals surface area contributed by atoms with Crippen LogP contribution < -0.4 is 5.32 Å². The largest absolute Gasteiger partial charge is 0.349 e. The van der Waals surface area contributed by atoms with Gasteiger partial charge in [-0.2, -0.15) is 0 Å². The van der Waals surface area contributed by atoms with Crippen LogP contribution in [0.25, 0.3) is 5.65 Å². The molecule has 0 radical (unpaired) electrons. The maximum atomic E-state index is 11.9. The number of rotatable bonds is 5. The second kappa shape index (κ2) is 5.62. The van der Waals surface area contributed by atoms with E-state index in [1.165, 1.54) is 0 Å². The number of carbonyl (C=O) groups is 1. The molecule has 18 heavy (non-hydrogen) atoms. The Balaban J connectivity index is 2.04. The number of hydrogen-bond acceptors (Lipinski definition) is 3. The molecule has 5 nitrogen and oxygen atoms in total. The molecule has 1 N–H and O–H groups in total. The number of aromatic nitrogens is 3. The van der Waals surface area contributed by atoms with Gasteiger partial charge in [-0.05, 0) is 25.0 Å². The fourth-order valence-electron chi connectivity index (χ4n) is 1.98. The van der Waals surface area contributed by atoms with Crippen LogP contribution in [0.2, 0.25) is 0 Å². The van der Waals surface area contributed by atoms with Gasteiger partial charge in [0.1, 0.15) is 0 Å². The number of nitrogens with zero attached hydrogens (tertiary/aromatic N) is 3. The van der Waals surface area contributed by atoms with Gasteiger partial charge < -0.3 is 5.32 Å². The van der Waals surface area contributed by atoms with E-state index in [9.17, 15) is 4.79 Å². The molecule has 0 unspecified atom stereocenters. The molecule has 0 aliphatic heterocycles. The van der Waals surface area contributed by atoms with Crippen molar-refractivity contribution in [3.8, 4) is 0 Å². The van der Waals surface area contributed by atoms with Crippen molar-refractivity contribution in [2.75, 3.05) is 0 Å². The van der Waals surface area contributed by atoms with Crippen LogP contribution in [0.3, 0.4) is 0 Å². The molecule has 2 heterocycles. The van der Waals surface area contributed by atoms with E-state index in [1.807, 2.05) is 42.6 Å². The van der Waals surface area contributed by atoms with E-state index in [-0.39, 0.29) is 11.8 Å². The van der Waals surface area contributed by atoms with E-state index in [0.717, 1.165) is 24.3 Å². The van der Waals surface area contributed by atoms with Crippen LogP contribution in [0.1, 0.15) is 32.5 Å². The third kappa shape index (κ3) is 2.50. The van der Waals surface area contributed by atoms with Crippen molar-refractivity contribution in [2.45, 2.75) is 33.2 Å². The summed E-state index contributed by atoms with van der Waals surface area (Å²) in [5, 5.41) is 11.0. The van der Waals surface area contributed by atoms with Gasteiger partial charge in [0.05, 0.1) is 6.54 Å². The molecule has 0 saturated carbocycles. The Morgan fingerprint density at radius 2 is 2.11 bits per heavy atom. The third-order valence-electron chi connectivity index (χ3n) is 3.16. The second-order valence-corrected chi connectivity index (χ2v) is 4.28. The summed E-state index contributed by atoms with van der Waals surface area (Å²) in [4.78, 5) is 11.9. The monoisotopic (exact) mass is 246 g/mol. The predicted molar refractivity (Wildman–Crippen MR) is 68.9 cm³/mol. The first-order valence-corrected chi connectivity index (χ1v) is 6.32. The van der Waals surface area contributed by atoms with Crippen LogP contribution in [0, 0.1) is 5.92 Å². The summed E-state index contributed by atoms with van der Waals surface area (Å²) < 4.78 is 1.88. The van der Waals surface area contributed by atoms with Crippen LogP contribution >= 0.6 is 0 Å². The minimum absolute atomic E-state index is 0.0872. The lowest BCUT2D eigenvalue weighted by atomic mass is 10.0. The van der Waals surface area contributed by atoms with Gasteiger partial charge in [0.2, 0.25) is 5.91 Å². The number of pyridine rings is 1. The first-order chi connectivity index (χ1) is 8.76. The molecule has 2 aromatic rings. The zero-order valence-electron chi connectivity index (χ0n) is 10.8. The highest BCUT2D eigenvalue weighted by atomic mass is 16.1. The SMILES string of the molecule is CCC(CC)C(=O)NCc1nnc2ccccn12. The zero-order valence-corrected chi connectivity index (χ0v) is 10.8. The number of fused-ring (bicyclic) bond motifs is 1. The molecule has 0 bridgehead atoms. The Labute approximate surface area is 106 Å². The Morgan fingerprint density at radius 1 is 1.33 bits per heavy atom. The fourth-order valence-corrected chi connectivity index (χ4v) is 1.98. The second-order valence-electron chi connectivity index (χ2n) is 4.28. The fraction of sp³-hybridized carbons (Fsp3) is 0.462. The summed E-state index contributed by atoms with van der Waals surface area (Å²) in [6.45, 7) is 4.47. The molecule has 0 spiro atoms. The van der Waals surface area contributed by atoms with Crippen molar-refractivity contribution in [3.63, 3.8) is 0 Å². The standard InChI is InChI=1S/C13H18N4O/c1-3-10(4-2)13(18)14-9-12-16-15-11-7-5-6-8-17(11)12/h5-8,10H,3-4,9H2,1-2H3,(H,14,18). The van der Waals surface area contributed by atoms with Gasteiger partial charge in [-0.25, -0.2) is 0 Å². The maximum Gasteiger partial charge on any atom is 0.223 e. The lowest BCUT2D eigenvalue weighted by molar-refractivity contribution is -0.125. The molecule has 96 valence electrons. The highest BCUT2D eigenvalue weighted by molar-refractivity contribution is 5.78. The molecule has 0 aliphatic carbocycles. The average molecular weight is 246 g/mol. The molecule has 0 fully saturated rings. The summed E-state index contributed by atoms with van der Waals surface area (Å²) in [5.41, 5.74) is 0.796. The minimum atomic E-state index is 0.0872. The molecule has 5 heteroatoms. The van der Waals surface area contributed by atoms with Crippen molar-refractivity contribution >= 4 is 11.6 Å². The summed E-state index contributed by atoms with van der Waals surface area (Å²) in [6, 6.07) is 5.72. The third-order valence-corrected chi connectivity index (χ3v) is 3.16. The van der Waals surface area contributed by atoms with Crippen molar-refractivity contribution in [3.05, 3.63) is 30.2 Å². The van der Waals surface area contributed by atoms with Crippen molar-refractivity contribution in [1.82, 2.24) is 19.9 Å². The topological polar surface area (TPSA) is 59.3 Å². The van der Waals surface area contributed by atoms with E-state index in [0.29, 0.717) is 6.54 Å². The van der Waals surface area contributed by atoms with E-state index in [4.69, 9.17) is 0 Å². The highest BCUT2D eigenvalue weighted by Gasteiger charge is 2.14. The minimum Gasteiger partial charge on any atom is -0.349 e. The Morgan fingerprint density at radius 3 is 2.83 bits per heavy atom. The van der Waals surface area contributed by atoms with Crippen LogP contribution in [-0.4, -0.2) is 20.5 Å². The van der Waals surface area contributed by atoms with E-state index < -0.39 is 0 Å². The van der Waals surface area contributed by atoms with Gasteiger partial charge in [0.25, 0.3) is 0 Å². The smallest absolute Gasteiger partial charge is 0.223 e. The van der Waals surface area contributed by atoms with Crippen LogP contribution in [-0.2, 0) is 11.3 Å². The van der Waals surface area contributed by atoms with E-state index >= 15 is 0 Å². The van der Waals surface area contributed by atoms with Crippen molar-refractivity contribution in [2.24, 2.45) is 5.92 Å². The predicted octanol–water partition coefficient (Wildman–Crippen LogP) is 1.78. The first kappa shape index (κ1) is 12.5. The van der Waals surface area contributed by atoms with Gasteiger partial charge in [0.15, 0.2) is 11.5 Å². The van der Waals surface area contributed by atoms with Crippen LogP contribution in [0.4, 0.5) is 0 Å². The lowest BCUT2D eigenvalue weighted by Crippen LogP contribution is -2.30. The van der Waals surface area contributed by atoms with Gasteiger partial charge in [-0.3, -0.25) is 9.20 Å².